The lowest BCUT2D eigenvalue weighted by Gasteiger charge is -2.17. The van der Waals surface area contributed by atoms with Gasteiger partial charge >= 0.3 is 6.18 Å². The number of carbonyl (C=O) groups is 2. The Morgan fingerprint density at radius 2 is 1.47 bits per heavy atom. The molecule has 0 aliphatic carbocycles. The van der Waals surface area contributed by atoms with Crippen LogP contribution in [0.4, 0.5) is 18.9 Å². The van der Waals surface area contributed by atoms with Gasteiger partial charge in [0.15, 0.2) is 0 Å². The van der Waals surface area contributed by atoms with Crippen LogP contribution in [0, 0.1) is 0 Å². The molecule has 1 aliphatic heterocycles. The molecule has 0 atom stereocenters. The normalized spacial score (nSPS) is 12.5. The van der Waals surface area contributed by atoms with Gasteiger partial charge in [-0.2, -0.15) is 13.2 Å². The Labute approximate surface area is 182 Å². The summed E-state index contributed by atoms with van der Waals surface area (Å²) in [5.74, 6) is -1.92. The first kappa shape index (κ1) is 21.1. The van der Waals surface area contributed by atoms with Crippen LogP contribution < -0.4 is 10.6 Å². The third-order valence-electron chi connectivity index (χ3n) is 4.96. The zero-order valence-corrected chi connectivity index (χ0v) is 16.6. The molecule has 0 unspecified atom stereocenters. The number of benzene rings is 3. The maximum atomic E-state index is 14.0. The van der Waals surface area contributed by atoms with Crippen LogP contribution in [0.25, 0.3) is 17.2 Å². The van der Waals surface area contributed by atoms with Gasteiger partial charge in [0.1, 0.15) is 0 Å². The minimum atomic E-state index is -4.80. The van der Waals surface area contributed by atoms with Crippen molar-refractivity contribution in [2.24, 2.45) is 0 Å². The largest absolute Gasteiger partial charge is 0.417 e. The van der Waals surface area contributed by atoms with Gasteiger partial charge in [-0.25, -0.2) is 0 Å². The number of carbonyl (C=O) groups excluding carboxylic acids is 2. The van der Waals surface area contributed by atoms with Gasteiger partial charge in [-0.3, -0.25) is 14.9 Å². The maximum absolute atomic E-state index is 14.0. The Morgan fingerprint density at radius 1 is 0.781 bits per heavy atom. The van der Waals surface area contributed by atoms with Crippen LogP contribution in [0.3, 0.4) is 0 Å². The van der Waals surface area contributed by atoms with Crippen molar-refractivity contribution in [1.29, 1.82) is 0 Å². The highest BCUT2D eigenvalue weighted by atomic mass is 19.4. The van der Waals surface area contributed by atoms with E-state index in [1.807, 2.05) is 0 Å². The van der Waals surface area contributed by atoms with E-state index in [9.17, 15) is 22.8 Å². The molecule has 0 spiro atoms. The van der Waals surface area contributed by atoms with Gasteiger partial charge in [-0.15, -0.1) is 0 Å². The summed E-state index contributed by atoms with van der Waals surface area (Å²) in [6.07, 6.45) is 2.01. The zero-order valence-electron chi connectivity index (χ0n) is 16.6. The fourth-order valence-electron chi connectivity index (χ4n) is 3.56. The predicted molar refractivity (Wildman–Crippen MR) is 117 cm³/mol. The van der Waals surface area contributed by atoms with Gasteiger partial charge in [0.05, 0.1) is 11.1 Å². The number of hydrogen-bond donors (Lipinski definition) is 2. The highest BCUT2D eigenvalue weighted by Crippen LogP contribution is 2.39. The average Bonchev–Trinajstić information content (AvgIpc) is 3.04. The molecule has 7 heteroatoms. The average molecular weight is 434 g/mol. The quantitative estimate of drug-likeness (QED) is 0.505. The molecule has 160 valence electrons. The van der Waals surface area contributed by atoms with Crippen molar-refractivity contribution >= 4 is 23.6 Å². The van der Waals surface area contributed by atoms with E-state index in [2.05, 4.69) is 10.6 Å². The zero-order chi connectivity index (χ0) is 22.7. The van der Waals surface area contributed by atoms with E-state index in [-0.39, 0.29) is 11.1 Å². The van der Waals surface area contributed by atoms with Crippen LogP contribution in [-0.4, -0.2) is 11.8 Å². The van der Waals surface area contributed by atoms with Crippen LogP contribution in [-0.2, 0) is 6.18 Å². The number of imide groups is 1. The number of hydrogen-bond acceptors (Lipinski definition) is 3. The molecule has 0 fully saturated rings. The number of halogens is 3. The highest BCUT2D eigenvalue weighted by molar-refractivity contribution is 6.13. The second-order valence-corrected chi connectivity index (χ2v) is 7.00. The molecule has 32 heavy (non-hydrogen) atoms. The van der Waals surface area contributed by atoms with Gasteiger partial charge in [0, 0.05) is 23.0 Å². The van der Waals surface area contributed by atoms with E-state index < -0.39 is 29.1 Å². The highest BCUT2D eigenvalue weighted by Gasteiger charge is 2.38. The third kappa shape index (κ3) is 4.18. The van der Waals surface area contributed by atoms with Crippen LogP contribution in [0.2, 0.25) is 0 Å². The minimum absolute atomic E-state index is 0.134. The van der Waals surface area contributed by atoms with E-state index in [4.69, 9.17) is 0 Å². The smallest absolute Gasteiger partial charge is 0.361 e. The molecular formula is C25H17F3N2O2. The summed E-state index contributed by atoms with van der Waals surface area (Å²) in [6.45, 7) is 0. The van der Waals surface area contributed by atoms with Crippen molar-refractivity contribution in [2.75, 3.05) is 5.32 Å². The van der Waals surface area contributed by atoms with Crippen molar-refractivity contribution in [3.05, 3.63) is 107 Å². The Bertz CT molecular complexity index is 1250. The van der Waals surface area contributed by atoms with Crippen molar-refractivity contribution in [3.8, 4) is 11.1 Å². The maximum Gasteiger partial charge on any atom is 0.417 e. The lowest BCUT2D eigenvalue weighted by atomic mass is 9.94. The topological polar surface area (TPSA) is 58.2 Å². The van der Waals surface area contributed by atoms with Crippen LogP contribution >= 0.6 is 0 Å². The van der Waals surface area contributed by atoms with Crippen molar-refractivity contribution in [2.45, 2.75) is 6.18 Å². The monoisotopic (exact) mass is 434 g/mol. The number of rotatable bonds is 3. The number of nitrogens with one attached hydrogen (secondary N) is 2. The third-order valence-corrected chi connectivity index (χ3v) is 4.96. The van der Waals surface area contributed by atoms with Crippen molar-refractivity contribution < 1.29 is 22.8 Å². The van der Waals surface area contributed by atoms with Crippen LogP contribution in [0.1, 0.15) is 31.8 Å². The van der Waals surface area contributed by atoms with Gasteiger partial charge in [-0.1, -0.05) is 60.7 Å². The van der Waals surface area contributed by atoms with Gasteiger partial charge < -0.3 is 5.32 Å². The molecule has 4 rings (SSSR count). The second kappa shape index (κ2) is 8.55. The first-order valence-electron chi connectivity index (χ1n) is 9.70. The summed E-state index contributed by atoms with van der Waals surface area (Å²) in [4.78, 5) is 25.7. The molecule has 0 saturated heterocycles. The fourth-order valence-corrected chi connectivity index (χ4v) is 3.56. The molecule has 4 nitrogen and oxygen atoms in total. The number of allylic oxidation sites excluding steroid dienone is 2. The standard InChI is InChI=1S/C25H17F3N2O2/c26-25(27,28)22-17(16-8-2-1-3-9-16)11-6-13-20(22)24(32)30-23(31)19-12-7-14-21-18(19)10-4-5-15-29-21/h1-15,29H,(H,30,31,32). The SMILES string of the molecule is O=C(NC(=O)c1cccc(-c2ccccc2)c1C(F)(F)F)c1cccc2c1C=CC=CN2. The molecule has 0 aromatic heterocycles. The summed E-state index contributed by atoms with van der Waals surface area (Å²) >= 11 is 0. The summed E-state index contributed by atoms with van der Waals surface area (Å²) in [6, 6.07) is 16.6. The second-order valence-electron chi connectivity index (χ2n) is 7.00. The summed E-state index contributed by atoms with van der Waals surface area (Å²) in [7, 11) is 0. The van der Waals surface area contributed by atoms with E-state index in [0.29, 0.717) is 16.8 Å². The van der Waals surface area contributed by atoms with E-state index >= 15 is 0 Å². The molecule has 1 aliphatic rings. The molecule has 2 amide bonds. The summed E-state index contributed by atoms with van der Waals surface area (Å²) in [5, 5.41) is 5.12. The lowest BCUT2D eigenvalue weighted by molar-refractivity contribution is -0.137. The lowest BCUT2D eigenvalue weighted by Crippen LogP contribution is -2.32. The number of fused-ring (bicyclic) bond motifs is 1. The molecule has 3 aromatic carbocycles. The molecule has 1 heterocycles. The van der Waals surface area contributed by atoms with E-state index in [1.165, 1.54) is 30.3 Å². The minimum Gasteiger partial charge on any atom is -0.361 e. The van der Waals surface area contributed by atoms with E-state index in [0.717, 1.165) is 6.07 Å². The molecule has 3 aromatic rings. The Balaban J connectivity index is 1.72. The Morgan fingerprint density at radius 3 is 2.22 bits per heavy atom. The van der Waals surface area contributed by atoms with Crippen molar-refractivity contribution in [1.82, 2.24) is 5.32 Å². The molecule has 0 saturated carbocycles. The predicted octanol–water partition coefficient (Wildman–Crippen LogP) is 5.90. The Hall–Kier alpha value is -4.13. The first-order chi connectivity index (χ1) is 15.4. The molecular weight excluding hydrogens is 417 g/mol. The van der Waals surface area contributed by atoms with E-state index in [1.54, 1.807) is 54.8 Å². The van der Waals surface area contributed by atoms with Gasteiger partial charge in [0.25, 0.3) is 11.8 Å². The first-order valence-corrected chi connectivity index (χ1v) is 9.70. The molecule has 2 N–H and O–H groups in total. The number of amides is 2. The van der Waals surface area contributed by atoms with Gasteiger partial charge in [-0.05, 0) is 35.4 Å². The molecule has 0 radical (unpaired) electrons. The van der Waals surface area contributed by atoms with Crippen LogP contribution in [0.15, 0.2) is 85.1 Å². The summed E-state index contributed by atoms with van der Waals surface area (Å²) < 4.78 is 42.0. The fraction of sp³-hybridized carbons (Fsp3) is 0.0400. The Kier molecular flexibility index (Phi) is 5.64. The number of anilines is 1. The summed E-state index contributed by atoms with van der Waals surface area (Å²) in [5.41, 5.74) is -0.202. The molecule has 0 bridgehead atoms. The van der Waals surface area contributed by atoms with Crippen LogP contribution in [0.5, 0.6) is 0 Å². The van der Waals surface area contributed by atoms with Crippen molar-refractivity contribution in [3.63, 3.8) is 0 Å². The number of alkyl halides is 3. The van der Waals surface area contributed by atoms with Gasteiger partial charge in [0.2, 0.25) is 0 Å².